The van der Waals surface area contributed by atoms with Gasteiger partial charge in [0.05, 0.1) is 0 Å². The lowest BCUT2D eigenvalue weighted by atomic mass is 9.69. The molecule has 2 bridgehead atoms. The minimum atomic E-state index is -2.88. The molecular formula is C10H17Cl2OP. The molecule has 0 saturated heterocycles. The van der Waals surface area contributed by atoms with Crippen molar-refractivity contribution in [3.8, 4) is 0 Å². The smallest absolute Gasteiger partial charge is 0.253 e. The Labute approximate surface area is 95.5 Å². The standard InChI is InChI=1S/C10H17Cl2OP/c1-10(2)8-4-3-7(5-8)9(10)6-14(11,12)13/h7-9H,3-6H2,1-2H3/t7-,8+,9-/m0/s1. The van der Waals surface area contributed by atoms with Gasteiger partial charge >= 0.3 is 0 Å². The Balaban J connectivity index is 2.16. The highest BCUT2D eigenvalue weighted by Crippen LogP contribution is 2.66. The summed E-state index contributed by atoms with van der Waals surface area (Å²) in [5.41, 5.74) is 0.294. The van der Waals surface area contributed by atoms with Gasteiger partial charge in [-0.3, -0.25) is 4.57 Å². The van der Waals surface area contributed by atoms with Gasteiger partial charge in [0, 0.05) is 6.16 Å². The summed E-state index contributed by atoms with van der Waals surface area (Å²) < 4.78 is 11.5. The van der Waals surface area contributed by atoms with Crippen LogP contribution < -0.4 is 0 Å². The number of fused-ring (bicyclic) bond motifs is 2. The first-order valence-corrected chi connectivity index (χ1v) is 8.99. The minimum Gasteiger partial charge on any atom is -0.289 e. The molecule has 0 aromatic heterocycles. The van der Waals surface area contributed by atoms with Crippen LogP contribution in [-0.2, 0) is 4.57 Å². The van der Waals surface area contributed by atoms with Crippen LogP contribution in [0.3, 0.4) is 0 Å². The van der Waals surface area contributed by atoms with Gasteiger partial charge in [0.15, 0.2) is 0 Å². The lowest BCUT2D eigenvalue weighted by Crippen LogP contribution is -2.32. The second kappa shape index (κ2) is 3.40. The van der Waals surface area contributed by atoms with Gasteiger partial charge in [0.2, 0.25) is 0 Å². The Morgan fingerprint density at radius 1 is 1.36 bits per heavy atom. The molecule has 2 fully saturated rings. The maximum atomic E-state index is 11.5. The second-order valence-corrected chi connectivity index (χ2v) is 10.8. The second-order valence-electron chi connectivity index (χ2n) is 5.45. The Morgan fingerprint density at radius 2 is 2.00 bits per heavy atom. The van der Waals surface area contributed by atoms with Crippen molar-refractivity contribution in [3.05, 3.63) is 0 Å². The van der Waals surface area contributed by atoms with Crippen LogP contribution in [0.1, 0.15) is 33.1 Å². The Hall–Kier alpha value is 0.810. The molecule has 0 radical (unpaired) electrons. The third-order valence-corrected chi connectivity index (χ3v) is 6.11. The van der Waals surface area contributed by atoms with Crippen molar-refractivity contribution in [3.63, 3.8) is 0 Å². The first kappa shape index (κ1) is 11.3. The molecule has 0 aromatic rings. The fourth-order valence-corrected chi connectivity index (χ4v) is 5.70. The average molecular weight is 255 g/mol. The van der Waals surface area contributed by atoms with E-state index in [1.54, 1.807) is 0 Å². The molecule has 0 N–H and O–H groups in total. The molecule has 0 aliphatic heterocycles. The van der Waals surface area contributed by atoms with Gasteiger partial charge in [0.25, 0.3) is 5.85 Å². The lowest BCUT2D eigenvalue weighted by molar-refractivity contribution is 0.140. The summed E-state index contributed by atoms with van der Waals surface area (Å²) in [7, 11) is 0. The summed E-state index contributed by atoms with van der Waals surface area (Å²) in [6.07, 6.45) is 4.44. The largest absolute Gasteiger partial charge is 0.289 e. The van der Waals surface area contributed by atoms with E-state index in [9.17, 15) is 4.57 Å². The summed E-state index contributed by atoms with van der Waals surface area (Å²) in [5.74, 6) is -0.880. The molecule has 0 amide bonds. The molecule has 2 aliphatic rings. The van der Waals surface area contributed by atoms with E-state index in [-0.39, 0.29) is 0 Å². The van der Waals surface area contributed by atoms with Gasteiger partial charge in [0.1, 0.15) is 0 Å². The zero-order valence-electron chi connectivity index (χ0n) is 8.67. The Morgan fingerprint density at radius 3 is 2.43 bits per heavy atom. The highest BCUT2D eigenvalue weighted by Gasteiger charge is 2.53. The quantitative estimate of drug-likeness (QED) is 0.652. The maximum Gasteiger partial charge on any atom is 0.253 e. The molecule has 14 heavy (non-hydrogen) atoms. The molecule has 0 aromatic carbocycles. The van der Waals surface area contributed by atoms with Crippen LogP contribution in [-0.4, -0.2) is 6.16 Å². The topological polar surface area (TPSA) is 17.1 Å². The average Bonchev–Trinajstić information content (AvgIpc) is 2.51. The van der Waals surface area contributed by atoms with Gasteiger partial charge in [-0.2, -0.15) is 0 Å². The summed E-state index contributed by atoms with van der Waals surface area (Å²) in [6, 6.07) is 0. The fourth-order valence-electron chi connectivity index (χ4n) is 3.58. The third-order valence-electron chi connectivity index (χ3n) is 4.46. The number of hydrogen-bond donors (Lipinski definition) is 0. The predicted octanol–water partition coefficient (Wildman–Crippen LogP) is 4.73. The molecule has 2 aliphatic carbocycles. The fraction of sp³-hybridized carbons (Fsp3) is 1.00. The van der Waals surface area contributed by atoms with Gasteiger partial charge in [-0.05, 0) is 64.9 Å². The lowest BCUT2D eigenvalue weighted by Gasteiger charge is -2.38. The van der Waals surface area contributed by atoms with Crippen LogP contribution in [0.4, 0.5) is 0 Å². The first-order valence-electron chi connectivity index (χ1n) is 5.29. The van der Waals surface area contributed by atoms with E-state index in [0.717, 1.165) is 11.8 Å². The zero-order valence-corrected chi connectivity index (χ0v) is 11.1. The van der Waals surface area contributed by atoms with Gasteiger partial charge < -0.3 is 0 Å². The monoisotopic (exact) mass is 254 g/mol. The van der Waals surface area contributed by atoms with E-state index in [1.165, 1.54) is 19.3 Å². The molecule has 0 unspecified atom stereocenters. The summed E-state index contributed by atoms with van der Waals surface area (Å²) in [5, 5.41) is 0. The van der Waals surface area contributed by atoms with E-state index in [4.69, 9.17) is 22.5 Å². The van der Waals surface area contributed by atoms with Gasteiger partial charge in [-0.25, -0.2) is 0 Å². The molecular weight excluding hydrogens is 238 g/mol. The number of hydrogen-bond acceptors (Lipinski definition) is 1. The first-order chi connectivity index (χ1) is 6.31. The number of rotatable bonds is 2. The summed E-state index contributed by atoms with van der Waals surface area (Å²) in [6.45, 7) is 4.57. The van der Waals surface area contributed by atoms with E-state index in [2.05, 4.69) is 13.8 Å². The van der Waals surface area contributed by atoms with Crippen molar-refractivity contribution < 1.29 is 4.57 Å². The zero-order chi connectivity index (χ0) is 10.6. The van der Waals surface area contributed by atoms with Crippen LogP contribution in [0.5, 0.6) is 0 Å². The molecule has 3 atom stereocenters. The van der Waals surface area contributed by atoms with Crippen LogP contribution in [0, 0.1) is 23.2 Å². The van der Waals surface area contributed by atoms with E-state index in [0.29, 0.717) is 17.5 Å². The van der Waals surface area contributed by atoms with Crippen molar-refractivity contribution in [2.75, 3.05) is 6.16 Å². The van der Waals surface area contributed by atoms with Crippen LogP contribution in [0.25, 0.3) is 0 Å². The molecule has 82 valence electrons. The van der Waals surface area contributed by atoms with E-state index in [1.807, 2.05) is 0 Å². The van der Waals surface area contributed by atoms with Crippen molar-refractivity contribution >= 4 is 28.3 Å². The molecule has 2 saturated carbocycles. The molecule has 0 heterocycles. The molecule has 0 spiro atoms. The normalized spacial score (nSPS) is 40.4. The predicted molar refractivity (Wildman–Crippen MR) is 62.3 cm³/mol. The van der Waals surface area contributed by atoms with Crippen LogP contribution >= 0.6 is 28.3 Å². The van der Waals surface area contributed by atoms with Crippen molar-refractivity contribution in [1.82, 2.24) is 0 Å². The van der Waals surface area contributed by atoms with Crippen LogP contribution in [0.15, 0.2) is 0 Å². The molecule has 1 nitrogen and oxygen atoms in total. The molecule has 2 rings (SSSR count). The molecule has 4 heteroatoms. The number of halogens is 2. The SMILES string of the molecule is CC1(C)[C@@H]2CC[C@@H](C2)[C@@H]1CP(=O)(Cl)Cl. The highest BCUT2D eigenvalue weighted by molar-refractivity contribution is 8.08. The van der Waals surface area contributed by atoms with Gasteiger partial charge in [-0.1, -0.05) is 13.8 Å². The Kier molecular flexibility index (Phi) is 2.75. The maximum absolute atomic E-state index is 11.5. The highest BCUT2D eigenvalue weighted by atomic mass is 35.9. The Bertz CT molecular complexity index is 284. The third kappa shape index (κ3) is 1.88. The minimum absolute atomic E-state index is 0.294. The summed E-state index contributed by atoms with van der Waals surface area (Å²) >= 11 is 11.4. The van der Waals surface area contributed by atoms with E-state index < -0.39 is 5.85 Å². The van der Waals surface area contributed by atoms with Gasteiger partial charge in [-0.15, -0.1) is 0 Å². The van der Waals surface area contributed by atoms with E-state index >= 15 is 0 Å². The summed E-state index contributed by atoms with van der Waals surface area (Å²) in [4.78, 5) is 0. The van der Waals surface area contributed by atoms with Crippen molar-refractivity contribution in [2.24, 2.45) is 23.2 Å². The van der Waals surface area contributed by atoms with Crippen molar-refractivity contribution in [1.29, 1.82) is 0 Å². The van der Waals surface area contributed by atoms with Crippen LogP contribution in [0.2, 0.25) is 0 Å². The van der Waals surface area contributed by atoms with Crippen molar-refractivity contribution in [2.45, 2.75) is 33.1 Å².